The normalized spacial score (nSPS) is 18.9. The van der Waals surface area contributed by atoms with E-state index < -0.39 is 0 Å². The fourth-order valence-corrected chi connectivity index (χ4v) is 3.49. The third-order valence-electron chi connectivity index (χ3n) is 4.86. The van der Waals surface area contributed by atoms with Crippen LogP contribution in [0.15, 0.2) is 42.9 Å². The van der Waals surface area contributed by atoms with Crippen molar-refractivity contribution in [2.45, 2.75) is 12.6 Å². The number of carbonyl (C=O) groups excluding carboxylic acids is 1. The fourth-order valence-electron chi connectivity index (χ4n) is 3.49. The lowest BCUT2D eigenvalue weighted by atomic mass is 10.0. The summed E-state index contributed by atoms with van der Waals surface area (Å²) in [5.74, 6) is 2.01. The Bertz CT molecular complexity index is 753. The standard InChI is InChI=1S/C20H28N6O2/c1-25(2)11-16-12-26(19-8-9-21-14-23-19)13-18(16)24-20(27)22-10-15-4-6-17(28-3)7-5-15/h4-9,14,16,18H,10-13H2,1-3H3,(H2,22,24,27)/t16-,18-/m1/s1. The SMILES string of the molecule is COc1ccc(CNC(=O)N[C@@H]2CN(c3ccncn3)C[C@H]2CN(C)C)cc1. The van der Waals surface area contributed by atoms with E-state index in [1.807, 2.05) is 44.4 Å². The molecule has 8 nitrogen and oxygen atoms in total. The number of urea groups is 1. The van der Waals surface area contributed by atoms with Crippen molar-refractivity contribution >= 4 is 11.8 Å². The maximum Gasteiger partial charge on any atom is 0.315 e. The van der Waals surface area contributed by atoms with E-state index in [1.165, 1.54) is 0 Å². The lowest BCUT2D eigenvalue weighted by Gasteiger charge is -2.22. The lowest BCUT2D eigenvalue weighted by molar-refractivity contribution is 0.230. The van der Waals surface area contributed by atoms with Gasteiger partial charge in [-0.1, -0.05) is 12.1 Å². The summed E-state index contributed by atoms with van der Waals surface area (Å²) in [7, 11) is 5.74. The summed E-state index contributed by atoms with van der Waals surface area (Å²) in [5.41, 5.74) is 1.02. The second-order valence-corrected chi connectivity index (χ2v) is 7.28. The van der Waals surface area contributed by atoms with Gasteiger partial charge in [-0.3, -0.25) is 0 Å². The Hall–Kier alpha value is -2.87. The average molecular weight is 384 g/mol. The molecule has 0 bridgehead atoms. The molecule has 28 heavy (non-hydrogen) atoms. The highest BCUT2D eigenvalue weighted by Crippen LogP contribution is 2.22. The Labute approximate surface area is 165 Å². The number of rotatable bonds is 7. The molecule has 2 atom stereocenters. The molecule has 1 saturated heterocycles. The van der Waals surface area contributed by atoms with Gasteiger partial charge in [-0.2, -0.15) is 0 Å². The number of hydrogen-bond acceptors (Lipinski definition) is 6. The molecule has 1 aliphatic rings. The van der Waals surface area contributed by atoms with Crippen molar-refractivity contribution in [3.05, 3.63) is 48.4 Å². The van der Waals surface area contributed by atoms with Crippen molar-refractivity contribution < 1.29 is 9.53 Å². The highest BCUT2D eigenvalue weighted by molar-refractivity contribution is 5.74. The van der Waals surface area contributed by atoms with Crippen LogP contribution in [-0.2, 0) is 6.54 Å². The van der Waals surface area contributed by atoms with Crippen molar-refractivity contribution in [1.29, 1.82) is 0 Å². The second kappa shape index (κ2) is 9.36. The van der Waals surface area contributed by atoms with Gasteiger partial charge in [0.25, 0.3) is 0 Å². The topological polar surface area (TPSA) is 82.6 Å². The van der Waals surface area contributed by atoms with Crippen LogP contribution in [0.1, 0.15) is 5.56 Å². The van der Waals surface area contributed by atoms with E-state index in [0.717, 1.165) is 36.8 Å². The van der Waals surface area contributed by atoms with Crippen LogP contribution < -0.4 is 20.3 Å². The van der Waals surface area contributed by atoms with Gasteiger partial charge in [0.15, 0.2) is 0 Å². The summed E-state index contributed by atoms with van der Waals surface area (Å²) >= 11 is 0. The van der Waals surface area contributed by atoms with Crippen LogP contribution in [0, 0.1) is 5.92 Å². The van der Waals surface area contributed by atoms with Gasteiger partial charge in [0.1, 0.15) is 17.9 Å². The van der Waals surface area contributed by atoms with Gasteiger partial charge in [-0.05, 0) is 37.9 Å². The first-order valence-electron chi connectivity index (χ1n) is 9.38. The van der Waals surface area contributed by atoms with Crippen LogP contribution in [-0.4, -0.2) is 67.8 Å². The number of anilines is 1. The van der Waals surface area contributed by atoms with E-state index in [1.54, 1.807) is 19.6 Å². The number of hydrogen-bond donors (Lipinski definition) is 2. The van der Waals surface area contributed by atoms with E-state index in [9.17, 15) is 4.79 Å². The summed E-state index contributed by atoms with van der Waals surface area (Å²) in [4.78, 5) is 25.1. The molecule has 2 heterocycles. The first-order chi connectivity index (χ1) is 13.5. The molecule has 3 rings (SSSR count). The van der Waals surface area contributed by atoms with Crippen molar-refractivity contribution in [2.75, 3.05) is 45.7 Å². The largest absolute Gasteiger partial charge is 0.497 e. The van der Waals surface area contributed by atoms with Gasteiger partial charge >= 0.3 is 6.03 Å². The summed E-state index contributed by atoms with van der Waals surface area (Å²) in [6, 6.07) is 9.46. The first kappa shape index (κ1) is 19.9. The van der Waals surface area contributed by atoms with Gasteiger partial charge in [0.2, 0.25) is 0 Å². The minimum Gasteiger partial charge on any atom is -0.497 e. The van der Waals surface area contributed by atoms with Crippen molar-refractivity contribution in [1.82, 2.24) is 25.5 Å². The van der Waals surface area contributed by atoms with Crippen LogP contribution >= 0.6 is 0 Å². The molecule has 2 N–H and O–H groups in total. The zero-order valence-electron chi connectivity index (χ0n) is 16.6. The molecule has 2 amide bonds. The van der Waals surface area contributed by atoms with Crippen molar-refractivity contribution in [2.24, 2.45) is 5.92 Å². The molecule has 0 aliphatic carbocycles. The second-order valence-electron chi connectivity index (χ2n) is 7.28. The Morgan fingerprint density at radius 1 is 1.25 bits per heavy atom. The Kier molecular flexibility index (Phi) is 6.65. The number of amides is 2. The van der Waals surface area contributed by atoms with Crippen molar-refractivity contribution in [3.63, 3.8) is 0 Å². The number of methoxy groups -OCH3 is 1. The molecule has 0 radical (unpaired) electrons. The summed E-state index contributed by atoms with van der Waals surface area (Å²) in [5, 5.41) is 6.08. The zero-order chi connectivity index (χ0) is 19.9. The van der Waals surface area contributed by atoms with Crippen LogP contribution in [0.25, 0.3) is 0 Å². The van der Waals surface area contributed by atoms with Crippen LogP contribution in [0.3, 0.4) is 0 Å². The van der Waals surface area contributed by atoms with E-state index in [4.69, 9.17) is 4.74 Å². The predicted molar refractivity (Wildman–Crippen MR) is 108 cm³/mol. The molecule has 2 aromatic rings. The number of nitrogens with one attached hydrogen (secondary N) is 2. The lowest BCUT2D eigenvalue weighted by Crippen LogP contribution is -2.47. The maximum atomic E-state index is 12.5. The molecule has 1 aromatic heterocycles. The van der Waals surface area contributed by atoms with Crippen LogP contribution in [0.5, 0.6) is 5.75 Å². The fraction of sp³-hybridized carbons (Fsp3) is 0.450. The molecule has 0 unspecified atom stereocenters. The first-order valence-corrected chi connectivity index (χ1v) is 9.38. The maximum absolute atomic E-state index is 12.5. The third-order valence-corrected chi connectivity index (χ3v) is 4.86. The van der Waals surface area contributed by atoms with Crippen LogP contribution in [0.4, 0.5) is 10.6 Å². The predicted octanol–water partition coefficient (Wildman–Crippen LogP) is 1.35. The van der Waals surface area contributed by atoms with E-state index in [0.29, 0.717) is 12.5 Å². The number of ether oxygens (including phenoxy) is 1. The molecule has 1 fully saturated rings. The van der Waals surface area contributed by atoms with E-state index in [-0.39, 0.29) is 12.1 Å². The van der Waals surface area contributed by atoms with Gasteiger partial charge in [-0.25, -0.2) is 14.8 Å². The van der Waals surface area contributed by atoms with Gasteiger partial charge in [-0.15, -0.1) is 0 Å². The Balaban J connectivity index is 1.57. The number of nitrogens with zero attached hydrogens (tertiary/aromatic N) is 4. The van der Waals surface area contributed by atoms with Gasteiger partial charge < -0.3 is 25.2 Å². The molecular formula is C20H28N6O2. The quantitative estimate of drug-likeness (QED) is 0.750. The highest BCUT2D eigenvalue weighted by atomic mass is 16.5. The minimum absolute atomic E-state index is 0.0493. The van der Waals surface area contributed by atoms with Gasteiger partial charge in [0, 0.05) is 38.3 Å². The molecule has 1 aliphatic heterocycles. The zero-order valence-corrected chi connectivity index (χ0v) is 16.6. The molecule has 150 valence electrons. The highest BCUT2D eigenvalue weighted by Gasteiger charge is 2.34. The molecule has 0 spiro atoms. The van der Waals surface area contributed by atoms with Crippen LogP contribution in [0.2, 0.25) is 0 Å². The summed E-state index contributed by atoms with van der Waals surface area (Å²) < 4.78 is 5.16. The molecule has 0 saturated carbocycles. The Morgan fingerprint density at radius 3 is 2.68 bits per heavy atom. The Morgan fingerprint density at radius 2 is 2.04 bits per heavy atom. The smallest absolute Gasteiger partial charge is 0.315 e. The molecule has 8 heteroatoms. The molecule has 1 aromatic carbocycles. The van der Waals surface area contributed by atoms with E-state index in [2.05, 4.69) is 30.4 Å². The average Bonchev–Trinajstić information content (AvgIpc) is 3.09. The summed E-state index contributed by atoms with van der Waals surface area (Å²) in [6.45, 7) is 2.94. The number of benzene rings is 1. The van der Waals surface area contributed by atoms with Crippen molar-refractivity contribution in [3.8, 4) is 5.75 Å². The molecular weight excluding hydrogens is 356 g/mol. The monoisotopic (exact) mass is 384 g/mol. The minimum atomic E-state index is -0.158. The van der Waals surface area contributed by atoms with E-state index >= 15 is 0 Å². The third kappa shape index (κ3) is 5.32. The number of aromatic nitrogens is 2. The number of carbonyl (C=O) groups is 1. The summed E-state index contributed by atoms with van der Waals surface area (Å²) in [6.07, 6.45) is 3.30. The van der Waals surface area contributed by atoms with Gasteiger partial charge in [0.05, 0.1) is 13.2 Å².